The summed E-state index contributed by atoms with van der Waals surface area (Å²) >= 11 is 5.76. The first-order valence-electron chi connectivity index (χ1n) is 4.13. The van der Waals surface area contributed by atoms with Crippen molar-refractivity contribution in [3.63, 3.8) is 0 Å². The van der Waals surface area contributed by atoms with E-state index in [0.29, 0.717) is 0 Å². The molecule has 5 nitrogen and oxygen atoms in total. The van der Waals surface area contributed by atoms with E-state index in [0.717, 1.165) is 0 Å². The van der Waals surface area contributed by atoms with Crippen molar-refractivity contribution in [2.75, 3.05) is 5.73 Å². The van der Waals surface area contributed by atoms with Crippen LogP contribution >= 0.6 is 11.6 Å². The minimum atomic E-state index is -0.609. The lowest BCUT2D eigenvalue weighted by atomic mass is 10.3. The Bertz CT molecular complexity index is 319. The van der Waals surface area contributed by atoms with Gasteiger partial charge in [-0.25, -0.2) is 4.98 Å². The first-order chi connectivity index (χ1) is 6.50. The van der Waals surface area contributed by atoms with Crippen molar-refractivity contribution in [2.24, 2.45) is 0 Å². The number of nitrogens with zero attached hydrogens (tertiary/aromatic N) is 2. The van der Waals surface area contributed by atoms with Crippen molar-refractivity contribution in [1.29, 1.82) is 0 Å². The molecule has 0 unspecified atom stereocenters. The Morgan fingerprint density at radius 3 is 2.79 bits per heavy atom. The normalized spacial score (nSPS) is 14.9. The molecule has 0 aliphatic heterocycles. The van der Waals surface area contributed by atoms with Gasteiger partial charge in [0.25, 0.3) is 0 Å². The van der Waals surface area contributed by atoms with E-state index in [1.54, 1.807) is 13.8 Å². The van der Waals surface area contributed by atoms with Crippen LogP contribution in [0.3, 0.4) is 0 Å². The zero-order valence-corrected chi connectivity index (χ0v) is 8.69. The number of aliphatic hydroxyl groups excluding tert-OH is 1. The number of anilines is 1. The van der Waals surface area contributed by atoms with Gasteiger partial charge in [-0.3, -0.25) is 0 Å². The second kappa shape index (κ2) is 4.43. The van der Waals surface area contributed by atoms with Crippen molar-refractivity contribution in [1.82, 2.24) is 9.97 Å². The van der Waals surface area contributed by atoms with Gasteiger partial charge in [0.1, 0.15) is 11.1 Å². The van der Waals surface area contributed by atoms with Crippen LogP contribution in [0.1, 0.15) is 13.8 Å². The average molecular weight is 218 g/mol. The number of nitrogen functional groups attached to an aromatic ring is 1. The van der Waals surface area contributed by atoms with Crippen LogP contribution in [0, 0.1) is 0 Å². The van der Waals surface area contributed by atoms with E-state index in [4.69, 9.17) is 22.1 Å². The average Bonchev–Trinajstić information content (AvgIpc) is 2.11. The topological polar surface area (TPSA) is 81.3 Å². The summed E-state index contributed by atoms with van der Waals surface area (Å²) in [5.74, 6) is 0.273. The van der Waals surface area contributed by atoms with Gasteiger partial charge in [0, 0.05) is 0 Å². The highest BCUT2D eigenvalue weighted by Crippen LogP contribution is 2.22. The molecule has 0 aliphatic carbocycles. The monoisotopic (exact) mass is 217 g/mol. The third-order valence-electron chi connectivity index (χ3n) is 1.71. The van der Waals surface area contributed by atoms with Gasteiger partial charge >= 0.3 is 0 Å². The summed E-state index contributed by atoms with van der Waals surface area (Å²) in [7, 11) is 0. The van der Waals surface area contributed by atoms with E-state index < -0.39 is 12.2 Å². The Balaban J connectivity index is 2.80. The highest BCUT2D eigenvalue weighted by Gasteiger charge is 2.13. The third-order valence-corrected chi connectivity index (χ3v) is 1.97. The smallest absolute Gasteiger partial charge is 0.237 e. The van der Waals surface area contributed by atoms with Crippen molar-refractivity contribution in [2.45, 2.75) is 26.1 Å². The number of rotatable bonds is 3. The first-order valence-corrected chi connectivity index (χ1v) is 4.51. The number of hydrogen-bond acceptors (Lipinski definition) is 5. The molecular formula is C8H12ClN3O2. The molecule has 0 saturated carbocycles. The molecule has 0 radical (unpaired) electrons. The quantitative estimate of drug-likeness (QED) is 0.785. The van der Waals surface area contributed by atoms with Crippen LogP contribution in [-0.2, 0) is 0 Å². The summed E-state index contributed by atoms with van der Waals surface area (Å²) in [5.41, 5.74) is 5.36. The largest absolute Gasteiger partial charge is 0.471 e. The predicted octanol–water partition coefficient (Wildman–Crippen LogP) is 0.860. The van der Waals surface area contributed by atoms with E-state index in [-0.39, 0.29) is 16.9 Å². The summed E-state index contributed by atoms with van der Waals surface area (Å²) in [4.78, 5) is 7.48. The van der Waals surface area contributed by atoms with Gasteiger partial charge in [-0.15, -0.1) is 0 Å². The molecule has 0 aromatic carbocycles. The van der Waals surface area contributed by atoms with Gasteiger partial charge in [-0.2, -0.15) is 4.98 Å². The lowest BCUT2D eigenvalue weighted by Gasteiger charge is -2.16. The minimum absolute atomic E-state index is 0.0854. The number of aromatic nitrogens is 2. The zero-order chi connectivity index (χ0) is 10.7. The molecular weight excluding hydrogens is 206 g/mol. The number of halogens is 1. The third kappa shape index (κ3) is 2.71. The van der Waals surface area contributed by atoms with Crippen molar-refractivity contribution >= 4 is 17.5 Å². The Morgan fingerprint density at radius 1 is 1.57 bits per heavy atom. The SMILES string of the molecule is C[C@@H](O)[C@@H](C)Oc1nc(N)ncc1Cl. The van der Waals surface area contributed by atoms with Crippen LogP contribution in [0.4, 0.5) is 5.95 Å². The van der Waals surface area contributed by atoms with Crippen LogP contribution in [0.2, 0.25) is 5.02 Å². The molecule has 1 aromatic rings. The fourth-order valence-electron chi connectivity index (χ4n) is 0.722. The predicted molar refractivity (Wildman–Crippen MR) is 53.2 cm³/mol. The Hall–Kier alpha value is -1.07. The molecule has 14 heavy (non-hydrogen) atoms. The molecule has 0 saturated heterocycles. The minimum Gasteiger partial charge on any atom is -0.471 e. The Kier molecular flexibility index (Phi) is 3.49. The second-order valence-electron chi connectivity index (χ2n) is 2.94. The molecule has 2 atom stereocenters. The van der Waals surface area contributed by atoms with Crippen LogP contribution < -0.4 is 10.5 Å². The van der Waals surface area contributed by atoms with E-state index in [1.165, 1.54) is 6.20 Å². The maximum Gasteiger partial charge on any atom is 0.237 e. The van der Waals surface area contributed by atoms with Gasteiger partial charge in [0.2, 0.25) is 11.8 Å². The van der Waals surface area contributed by atoms with Gasteiger partial charge in [0.05, 0.1) is 12.3 Å². The zero-order valence-electron chi connectivity index (χ0n) is 7.94. The molecule has 1 aromatic heterocycles. The number of nitrogens with two attached hydrogens (primary N) is 1. The Morgan fingerprint density at radius 2 is 2.21 bits per heavy atom. The molecule has 3 N–H and O–H groups in total. The number of ether oxygens (including phenoxy) is 1. The van der Waals surface area contributed by atoms with Crippen LogP contribution in [0.25, 0.3) is 0 Å². The standard InChI is InChI=1S/C8H12ClN3O2/c1-4(13)5(2)14-7-6(9)3-11-8(10)12-7/h3-5,13H,1-2H3,(H2,10,11,12)/t4-,5-/m1/s1. The summed E-state index contributed by atoms with van der Waals surface area (Å²) in [6.07, 6.45) is 0.345. The summed E-state index contributed by atoms with van der Waals surface area (Å²) < 4.78 is 5.27. The van der Waals surface area contributed by atoms with E-state index in [1.807, 2.05) is 0 Å². The summed E-state index contributed by atoms with van der Waals surface area (Å²) in [5, 5.41) is 9.47. The van der Waals surface area contributed by atoms with Crippen LogP contribution in [-0.4, -0.2) is 27.3 Å². The molecule has 0 amide bonds. The summed E-state index contributed by atoms with van der Waals surface area (Å²) in [6, 6.07) is 0. The number of aliphatic hydroxyl groups is 1. The maximum absolute atomic E-state index is 9.20. The number of hydrogen-bond donors (Lipinski definition) is 2. The van der Waals surface area contributed by atoms with Gasteiger partial charge < -0.3 is 15.6 Å². The van der Waals surface area contributed by atoms with E-state index in [2.05, 4.69) is 9.97 Å². The molecule has 0 aliphatic rings. The highest BCUT2D eigenvalue weighted by atomic mass is 35.5. The van der Waals surface area contributed by atoms with Crippen LogP contribution in [0.5, 0.6) is 5.88 Å². The lowest BCUT2D eigenvalue weighted by molar-refractivity contribution is 0.0575. The Labute approximate surface area is 86.9 Å². The molecule has 1 heterocycles. The van der Waals surface area contributed by atoms with Crippen molar-refractivity contribution in [3.05, 3.63) is 11.2 Å². The van der Waals surface area contributed by atoms with Crippen molar-refractivity contribution < 1.29 is 9.84 Å². The fraction of sp³-hybridized carbons (Fsp3) is 0.500. The van der Waals surface area contributed by atoms with Gasteiger partial charge in [-0.05, 0) is 13.8 Å². The van der Waals surface area contributed by atoms with Gasteiger partial charge in [0.15, 0.2) is 0 Å². The van der Waals surface area contributed by atoms with Crippen LogP contribution in [0.15, 0.2) is 6.20 Å². The van der Waals surface area contributed by atoms with Gasteiger partial charge in [-0.1, -0.05) is 11.6 Å². The fourth-order valence-corrected chi connectivity index (χ4v) is 0.857. The molecule has 78 valence electrons. The maximum atomic E-state index is 9.20. The summed E-state index contributed by atoms with van der Waals surface area (Å²) in [6.45, 7) is 3.32. The molecule has 0 fully saturated rings. The van der Waals surface area contributed by atoms with E-state index >= 15 is 0 Å². The lowest BCUT2D eigenvalue weighted by Crippen LogP contribution is -2.26. The second-order valence-corrected chi connectivity index (χ2v) is 3.35. The molecule has 0 spiro atoms. The highest BCUT2D eigenvalue weighted by molar-refractivity contribution is 6.31. The molecule has 0 bridgehead atoms. The van der Waals surface area contributed by atoms with Crippen molar-refractivity contribution in [3.8, 4) is 5.88 Å². The molecule has 1 rings (SSSR count). The first kappa shape index (κ1) is 11.0. The molecule has 6 heteroatoms. The van der Waals surface area contributed by atoms with E-state index in [9.17, 15) is 5.11 Å².